The first-order chi connectivity index (χ1) is 6.61. The van der Waals surface area contributed by atoms with Crippen molar-refractivity contribution in [3.05, 3.63) is 0 Å². The van der Waals surface area contributed by atoms with Crippen molar-refractivity contribution in [3.63, 3.8) is 0 Å². The van der Waals surface area contributed by atoms with E-state index < -0.39 is 12.1 Å². The van der Waals surface area contributed by atoms with Gasteiger partial charge in [0.1, 0.15) is 0 Å². The van der Waals surface area contributed by atoms with E-state index in [2.05, 4.69) is 13.8 Å². The Morgan fingerprint density at radius 3 is 2.50 bits per heavy atom. The molecule has 1 unspecified atom stereocenters. The third-order valence-corrected chi connectivity index (χ3v) is 2.47. The summed E-state index contributed by atoms with van der Waals surface area (Å²) in [5.41, 5.74) is 0. The molecule has 0 spiro atoms. The van der Waals surface area contributed by atoms with Gasteiger partial charge in [0.25, 0.3) is 0 Å². The third-order valence-electron chi connectivity index (χ3n) is 2.47. The smallest absolute Gasteiger partial charge is 0.332 e. The van der Waals surface area contributed by atoms with Gasteiger partial charge in [-0.15, -0.1) is 0 Å². The van der Waals surface area contributed by atoms with Crippen molar-refractivity contribution in [2.24, 2.45) is 5.92 Å². The summed E-state index contributed by atoms with van der Waals surface area (Å²) >= 11 is 0. The first kappa shape index (κ1) is 13.4. The SMILES string of the molecule is CCCCC(CC)CO[C@H](C)C(=O)O. The van der Waals surface area contributed by atoms with E-state index in [-0.39, 0.29) is 0 Å². The maximum absolute atomic E-state index is 10.5. The van der Waals surface area contributed by atoms with Crippen LogP contribution in [-0.4, -0.2) is 23.8 Å². The first-order valence-corrected chi connectivity index (χ1v) is 5.46. The maximum atomic E-state index is 10.5. The average Bonchev–Trinajstić information content (AvgIpc) is 2.17. The van der Waals surface area contributed by atoms with Crippen LogP contribution in [0.3, 0.4) is 0 Å². The fourth-order valence-electron chi connectivity index (χ4n) is 1.25. The fraction of sp³-hybridized carbons (Fsp3) is 0.909. The molecule has 2 atom stereocenters. The second-order valence-corrected chi connectivity index (χ2v) is 3.73. The van der Waals surface area contributed by atoms with Gasteiger partial charge in [-0.05, 0) is 19.3 Å². The lowest BCUT2D eigenvalue weighted by Gasteiger charge is -2.16. The van der Waals surface area contributed by atoms with Gasteiger partial charge < -0.3 is 9.84 Å². The maximum Gasteiger partial charge on any atom is 0.332 e. The summed E-state index contributed by atoms with van der Waals surface area (Å²) in [6, 6.07) is 0. The monoisotopic (exact) mass is 202 g/mol. The predicted molar refractivity (Wildman–Crippen MR) is 56.4 cm³/mol. The fourth-order valence-corrected chi connectivity index (χ4v) is 1.25. The normalized spacial score (nSPS) is 15.1. The Hall–Kier alpha value is -0.570. The number of hydrogen-bond acceptors (Lipinski definition) is 2. The molecule has 0 aromatic carbocycles. The molecule has 0 aliphatic rings. The molecule has 0 aromatic heterocycles. The lowest BCUT2D eigenvalue weighted by molar-refractivity contribution is -0.150. The average molecular weight is 202 g/mol. The summed E-state index contributed by atoms with van der Waals surface area (Å²) in [6.07, 6.45) is 3.91. The summed E-state index contributed by atoms with van der Waals surface area (Å²) in [5, 5.41) is 8.62. The highest BCUT2D eigenvalue weighted by Gasteiger charge is 2.13. The first-order valence-electron chi connectivity index (χ1n) is 5.46. The van der Waals surface area contributed by atoms with Crippen molar-refractivity contribution in [3.8, 4) is 0 Å². The Labute approximate surface area is 86.5 Å². The summed E-state index contributed by atoms with van der Waals surface area (Å²) in [7, 11) is 0. The second kappa shape index (κ2) is 7.80. The van der Waals surface area contributed by atoms with Crippen LogP contribution in [0, 0.1) is 5.92 Å². The largest absolute Gasteiger partial charge is 0.479 e. The van der Waals surface area contributed by atoms with Gasteiger partial charge in [0, 0.05) is 0 Å². The zero-order valence-corrected chi connectivity index (χ0v) is 9.45. The van der Waals surface area contributed by atoms with Crippen LogP contribution in [0.25, 0.3) is 0 Å². The number of aliphatic carboxylic acids is 1. The summed E-state index contributed by atoms with van der Waals surface area (Å²) in [5.74, 6) is -0.368. The zero-order chi connectivity index (χ0) is 11.0. The quantitative estimate of drug-likeness (QED) is 0.658. The Bertz CT molecular complexity index is 157. The van der Waals surface area contributed by atoms with Gasteiger partial charge in [0.15, 0.2) is 6.10 Å². The highest BCUT2D eigenvalue weighted by molar-refractivity contribution is 5.71. The van der Waals surface area contributed by atoms with Crippen LogP contribution in [0.4, 0.5) is 0 Å². The van der Waals surface area contributed by atoms with Crippen molar-refractivity contribution in [2.45, 2.75) is 52.6 Å². The number of carbonyl (C=O) groups is 1. The van der Waals surface area contributed by atoms with E-state index in [1.54, 1.807) is 6.92 Å². The molecule has 3 heteroatoms. The zero-order valence-electron chi connectivity index (χ0n) is 9.45. The molecule has 14 heavy (non-hydrogen) atoms. The van der Waals surface area contributed by atoms with Crippen molar-refractivity contribution in [1.29, 1.82) is 0 Å². The van der Waals surface area contributed by atoms with Gasteiger partial charge in [-0.2, -0.15) is 0 Å². The van der Waals surface area contributed by atoms with Gasteiger partial charge in [-0.3, -0.25) is 0 Å². The lowest BCUT2D eigenvalue weighted by Crippen LogP contribution is -2.23. The minimum atomic E-state index is -0.879. The number of ether oxygens (including phenoxy) is 1. The molecule has 0 heterocycles. The van der Waals surface area contributed by atoms with Crippen LogP contribution < -0.4 is 0 Å². The lowest BCUT2D eigenvalue weighted by atomic mass is 10.0. The van der Waals surface area contributed by atoms with Crippen LogP contribution in [0.5, 0.6) is 0 Å². The van der Waals surface area contributed by atoms with E-state index in [9.17, 15) is 4.79 Å². The topological polar surface area (TPSA) is 46.5 Å². The minimum Gasteiger partial charge on any atom is -0.479 e. The molecule has 0 bridgehead atoms. The molecule has 0 amide bonds. The Morgan fingerprint density at radius 2 is 2.07 bits per heavy atom. The molecular formula is C11H22O3. The van der Waals surface area contributed by atoms with E-state index in [1.165, 1.54) is 12.8 Å². The van der Waals surface area contributed by atoms with Crippen molar-refractivity contribution >= 4 is 5.97 Å². The van der Waals surface area contributed by atoms with E-state index >= 15 is 0 Å². The van der Waals surface area contributed by atoms with E-state index in [4.69, 9.17) is 9.84 Å². The Balaban J connectivity index is 3.66. The van der Waals surface area contributed by atoms with E-state index in [0.717, 1.165) is 12.8 Å². The van der Waals surface area contributed by atoms with Crippen molar-refractivity contribution in [1.82, 2.24) is 0 Å². The summed E-state index contributed by atoms with van der Waals surface area (Å²) in [6.45, 7) is 6.43. The van der Waals surface area contributed by atoms with Gasteiger partial charge in [-0.25, -0.2) is 4.79 Å². The molecule has 3 nitrogen and oxygen atoms in total. The molecule has 0 rings (SSSR count). The van der Waals surface area contributed by atoms with E-state index in [0.29, 0.717) is 12.5 Å². The number of rotatable bonds is 8. The molecule has 0 aromatic rings. The van der Waals surface area contributed by atoms with Gasteiger partial charge in [-0.1, -0.05) is 33.1 Å². The number of hydrogen-bond donors (Lipinski definition) is 1. The molecule has 0 saturated heterocycles. The molecule has 0 aliphatic heterocycles. The second-order valence-electron chi connectivity index (χ2n) is 3.73. The van der Waals surface area contributed by atoms with Crippen molar-refractivity contribution in [2.75, 3.05) is 6.61 Å². The van der Waals surface area contributed by atoms with Gasteiger partial charge >= 0.3 is 5.97 Å². The number of carboxylic acid groups (broad SMARTS) is 1. The molecule has 84 valence electrons. The predicted octanol–water partition coefficient (Wildman–Crippen LogP) is 2.69. The molecule has 0 aliphatic carbocycles. The van der Waals surface area contributed by atoms with Crippen LogP contribution in [0.1, 0.15) is 46.5 Å². The molecule has 0 fully saturated rings. The number of unbranched alkanes of at least 4 members (excludes halogenated alkanes) is 1. The highest BCUT2D eigenvalue weighted by Crippen LogP contribution is 2.13. The minimum absolute atomic E-state index is 0.511. The standard InChI is InChI=1S/C11H22O3/c1-4-6-7-10(5-2)8-14-9(3)11(12)13/h9-10H,4-8H2,1-3H3,(H,12,13)/t9-,10?/m1/s1. The van der Waals surface area contributed by atoms with Crippen LogP contribution in [-0.2, 0) is 9.53 Å². The van der Waals surface area contributed by atoms with Gasteiger partial charge in [0.2, 0.25) is 0 Å². The number of carboxylic acids is 1. The van der Waals surface area contributed by atoms with E-state index in [1.807, 2.05) is 0 Å². The summed E-state index contributed by atoms with van der Waals surface area (Å²) in [4.78, 5) is 10.5. The Kier molecular flexibility index (Phi) is 7.48. The Morgan fingerprint density at radius 1 is 1.43 bits per heavy atom. The van der Waals surface area contributed by atoms with Crippen LogP contribution in [0.15, 0.2) is 0 Å². The van der Waals surface area contributed by atoms with Crippen LogP contribution >= 0.6 is 0 Å². The van der Waals surface area contributed by atoms with Crippen molar-refractivity contribution < 1.29 is 14.6 Å². The highest BCUT2D eigenvalue weighted by atomic mass is 16.5. The molecule has 0 saturated carbocycles. The third kappa shape index (κ3) is 5.97. The molecular weight excluding hydrogens is 180 g/mol. The van der Waals surface area contributed by atoms with Gasteiger partial charge in [0.05, 0.1) is 6.61 Å². The molecule has 0 radical (unpaired) electrons. The van der Waals surface area contributed by atoms with Crippen LogP contribution in [0.2, 0.25) is 0 Å². The summed E-state index contributed by atoms with van der Waals surface area (Å²) < 4.78 is 5.25. The molecule has 1 N–H and O–H groups in total.